The largest absolute Gasteiger partial charge is 0.465 e. The topological polar surface area (TPSA) is 68.7 Å². The van der Waals surface area contributed by atoms with Gasteiger partial charge in [0.1, 0.15) is 21.3 Å². The van der Waals surface area contributed by atoms with Crippen molar-refractivity contribution in [3.63, 3.8) is 0 Å². The molecule has 1 aliphatic carbocycles. The highest BCUT2D eigenvalue weighted by atomic mass is 35.5. The summed E-state index contributed by atoms with van der Waals surface area (Å²) in [4.78, 5) is 30.7. The second kappa shape index (κ2) is 6.57. The Morgan fingerprint density at radius 3 is 2.23 bits per heavy atom. The number of hydrogen-bond donors (Lipinski definition) is 0. The van der Waals surface area contributed by atoms with E-state index in [1.165, 1.54) is 0 Å². The van der Waals surface area contributed by atoms with Gasteiger partial charge in [0, 0.05) is 24.9 Å². The average Bonchev–Trinajstić information content (AvgIpc) is 2.89. The van der Waals surface area contributed by atoms with Crippen molar-refractivity contribution in [3.8, 4) is 0 Å². The van der Waals surface area contributed by atoms with Crippen molar-refractivity contribution in [1.29, 1.82) is 0 Å². The molecule has 1 aromatic rings. The molecule has 6 nitrogen and oxygen atoms in total. The molecule has 0 spiro atoms. The van der Waals surface area contributed by atoms with Crippen LogP contribution >= 0.6 is 23.2 Å². The summed E-state index contributed by atoms with van der Waals surface area (Å²) in [5, 5.41) is 0.454. The summed E-state index contributed by atoms with van der Waals surface area (Å²) in [5.74, 6) is -0.413. The van der Waals surface area contributed by atoms with Gasteiger partial charge in [0.2, 0.25) is 0 Å². The number of nitrogens with zero attached hydrogens (tertiary/aromatic N) is 2. The standard InChI is InChI=1S/C18H22Cl2N2O4/c1-5-25-15(23)18(10-6-13(19)21-14(20)7-10)11-8-22(9-12(11)18)16(24)26-17(2,3)4/h6-7,11-12H,5,8-9H2,1-4H3/t11-,12+,18?. The van der Waals surface area contributed by atoms with Crippen LogP contribution in [0.4, 0.5) is 4.79 Å². The predicted molar refractivity (Wildman–Crippen MR) is 97.4 cm³/mol. The van der Waals surface area contributed by atoms with Gasteiger partial charge in [-0.25, -0.2) is 9.78 Å². The van der Waals surface area contributed by atoms with E-state index in [0.717, 1.165) is 0 Å². The molecule has 1 amide bonds. The Morgan fingerprint density at radius 1 is 1.23 bits per heavy atom. The van der Waals surface area contributed by atoms with Crippen LogP contribution in [0.25, 0.3) is 0 Å². The zero-order valence-corrected chi connectivity index (χ0v) is 16.7. The fourth-order valence-electron chi connectivity index (χ4n) is 3.91. The van der Waals surface area contributed by atoms with Gasteiger partial charge < -0.3 is 14.4 Å². The zero-order valence-electron chi connectivity index (χ0n) is 15.2. The molecule has 2 aliphatic rings. The van der Waals surface area contributed by atoms with Crippen molar-refractivity contribution in [2.24, 2.45) is 11.8 Å². The lowest BCUT2D eigenvalue weighted by Crippen LogP contribution is -2.41. The maximum absolute atomic E-state index is 12.8. The van der Waals surface area contributed by atoms with Gasteiger partial charge in [-0.2, -0.15) is 0 Å². The molecular weight excluding hydrogens is 379 g/mol. The SMILES string of the molecule is CCOC(=O)C1(c2cc(Cl)nc(Cl)c2)[C@@H]2CN(C(=O)OC(C)(C)C)C[C@@H]21. The van der Waals surface area contributed by atoms with Crippen LogP contribution in [0.2, 0.25) is 10.3 Å². The van der Waals surface area contributed by atoms with E-state index in [2.05, 4.69) is 4.98 Å². The van der Waals surface area contributed by atoms with Gasteiger partial charge in [-0.05, 0) is 45.4 Å². The summed E-state index contributed by atoms with van der Waals surface area (Å²) in [7, 11) is 0. The van der Waals surface area contributed by atoms with Gasteiger partial charge in [0.15, 0.2) is 0 Å². The van der Waals surface area contributed by atoms with Crippen molar-refractivity contribution >= 4 is 35.3 Å². The second-order valence-corrected chi connectivity index (χ2v) is 8.46. The Morgan fingerprint density at radius 2 is 1.77 bits per heavy atom. The van der Waals surface area contributed by atoms with E-state index in [4.69, 9.17) is 32.7 Å². The first-order valence-corrected chi connectivity index (χ1v) is 9.34. The quantitative estimate of drug-likeness (QED) is 0.571. The molecule has 3 atom stereocenters. The fraction of sp³-hybridized carbons (Fsp3) is 0.611. The Balaban J connectivity index is 1.85. The number of piperidine rings is 1. The van der Waals surface area contributed by atoms with Crippen molar-refractivity contribution in [2.45, 2.75) is 38.7 Å². The lowest BCUT2D eigenvalue weighted by molar-refractivity contribution is -0.147. The third kappa shape index (κ3) is 3.25. The summed E-state index contributed by atoms with van der Waals surface area (Å²) in [5.41, 5.74) is -0.696. The lowest BCUT2D eigenvalue weighted by Gasteiger charge is -2.28. The van der Waals surface area contributed by atoms with Crippen molar-refractivity contribution in [3.05, 3.63) is 28.0 Å². The fourth-order valence-corrected chi connectivity index (χ4v) is 4.37. The Hall–Kier alpha value is -1.53. The Kier molecular flexibility index (Phi) is 4.86. The number of pyridine rings is 1. The number of likely N-dealkylation sites (tertiary alicyclic amines) is 1. The lowest BCUT2D eigenvalue weighted by atomic mass is 9.91. The first-order valence-electron chi connectivity index (χ1n) is 8.58. The van der Waals surface area contributed by atoms with Crippen LogP contribution in [0, 0.1) is 11.8 Å². The predicted octanol–water partition coefficient (Wildman–Crippen LogP) is 3.69. The highest BCUT2D eigenvalue weighted by Gasteiger charge is 2.75. The molecule has 2 heterocycles. The zero-order chi connectivity index (χ0) is 19.3. The number of fused-ring (bicyclic) bond motifs is 1. The summed E-state index contributed by atoms with van der Waals surface area (Å²) in [6.07, 6.45) is -0.367. The van der Waals surface area contributed by atoms with Gasteiger partial charge in [-0.15, -0.1) is 0 Å². The molecule has 142 valence electrons. The first kappa shape index (κ1) is 19.2. The molecule has 0 aromatic carbocycles. The van der Waals surface area contributed by atoms with Crippen LogP contribution in [-0.4, -0.2) is 47.2 Å². The van der Waals surface area contributed by atoms with Crippen LogP contribution in [0.3, 0.4) is 0 Å². The molecular formula is C18H22Cl2N2O4. The molecule has 1 unspecified atom stereocenters. The van der Waals surface area contributed by atoms with E-state index in [1.807, 2.05) is 20.8 Å². The molecule has 1 saturated heterocycles. The number of esters is 1. The number of rotatable bonds is 3. The van der Waals surface area contributed by atoms with Crippen molar-refractivity contribution in [1.82, 2.24) is 9.88 Å². The third-order valence-electron chi connectivity index (χ3n) is 4.89. The minimum atomic E-state index is -0.829. The molecule has 26 heavy (non-hydrogen) atoms. The molecule has 0 bridgehead atoms. The summed E-state index contributed by atoms with van der Waals surface area (Å²) in [6, 6.07) is 3.31. The van der Waals surface area contributed by atoms with Gasteiger partial charge in [0.05, 0.1) is 6.61 Å². The third-order valence-corrected chi connectivity index (χ3v) is 5.27. The molecule has 8 heteroatoms. The smallest absolute Gasteiger partial charge is 0.410 e. The van der Waals surface area contributed by atoms with E-state index in [9.17, 15) is 9.59 Å². The van der Waals surface area contributed by atoms with Crippen molar-refractivity contribution < 1.29 is 19.1 Å². The van der Waals surface area contributed by atoms with E-state index in [0.29, 0.717) is 18.7 Å². The monoisotopic (exact) mass is 400 g/mol. The summed E-state index contributed by atoms with van der Waals surface area (Å²) >= 11 is 12.1. The molecule has 0 radical (unpaired) electrons. The average molecular weight is 401 g/mol. The number of carbonyl (C=O) groups is 2. The molecule has 1 aliphatic heterocycles. The molecule has 2 fully saturated rings. The van der Waals surface area contributed by atoms with Gasteiger partial charge in [-0.1, -0.05) is 23.2 Å². The second-order valence-electron chi connectivity index (χ2n) is 7.69. The van der Waals surface area contributed by atoms with Crippen LogP contribution in [0.5, 0.6) is 0 Å². The number of aromatic nitrogens is 1. The van der Waals surface area contributed by atoms with E-state index in [1.54, 1.807) is 24.0 Å². The summed E-state index contributed by atoms with van der Waals surface area (Å²) in [6.45, 7) is 8.38. The van der Waals surface area contributed by atoms with E-state index in [-0.39, 0.29) is 40.8 Å². The minimum absolute atomic E-state index is 0.0522. The number of halogens is 2. The molecule has 3 rings (SSSR count). The van der Waals surface area contributed by atoms with E-state index >= 15 is 0 Å². The Bertz CT molecular complexity index is 715. The number of hydrogen-bond acceptors (Lipinski definition) is 5. The highest BCUT2D eigenvalue weighted by molar-refractivity contribution is 6.32. The van der Waals surface area contributed by atoms with Crippen LogP contribution in [0.15, 0.2) is 12.1 Å². The van der Waals surface area contributed by atoms with Gasteiger partial charge in [-0.3, -0.25) is 4.79 Å². The van der Waals surface area contributed by atoms with Crippen LogP contribution in [0.1, 0.15) is 33.3 Å². The normalized spacial score (nSPS) is 27.1. The van der Waals surface area contributed by atoms with E-state index < -0.39 is 11.0 Å². The minimum Gasteiger partial charge on any atom is -0.465 e. The number of carbonyl (C=O) groups excluding carboxylic acids is 2. The first-order chi connectivity index (χ1) is 12.1. The molecule has 0 N–H and O–H groups in total. The maximum Gasteiger partial charge on any atom is 0.410 e. The number of amides is 1. The Labute approximate surface area is 162 Å². The maximum atomic E-state index is 12.8. The number of ether oxygens (including phenoxy) is 2. The van der Waals surface area contributed by atoms with Crippen LogP contribution in [-0.2, 0) is 19.7 Å². The molecule has 1 saturated carbocycles. The van der Waals surface area contributed by atoms with Crippen molar-refractivity contribution in [2.75, 3.05) is 19.7 Å². The van der Waals surface area contributed by atoms with Gasteiger partial charge >= 0.3 is 12.1 Å². The van der Waals surface area contributed by atoms with Gasteiger partial charge in [0.25, 0.3) is 0 Å². The highest BCUT2D eigenvalue weighted by Crippen LogP contribution is 2.64. The summed E-state index contributed by atoms with van der Waals surface area (Å²) < 4.78 is 10.8. The molecule has 1 aromatic heterocycles. The van der Waals surface area contributed by atoms with Crippen LogP contribution < -0.4 is 0 Å².